The van der Waals surface area contributed by atoms with Crippen molar-refractivity contribution < 1.29 is 4.74 Å². The maximum atomic E-state index is 5.28. The summed E-state index contributed by atoms with van der Waals surface area (Å²) in [7, 11) is 1.69. The molecule has 1 N–H and O–H groups in total. The third-order valence-electron chi connectivity index (χ3n) is 2.99. The van der Waals surface area contributed by atoms with Crippen LogP contribution in [0.2, 0.25) is 0 Å². The van der Waals surface area contributed by atoms with Gasteiger partial charge in [-0.3, -0.25) is 0 Å². The molecule has 2 heterocycles. The first-order valence-electron chi connectivity index (χ1n) is 5.88. The Labute approximate surface area is 96.4 Å². The van der Waals surface area contributed by atoms with Gasteiger partial charge in [-0.15, -0.1) is 0 Å². The van der Waals surface area contributed by atoms with Crippen LogP contribution in [-0.2, 0) is 24.2 Å². The summed E-state index contributed by atoms with van der Waals surface area (Å²) in [6, 6.07) is 0. The van der Waals surface area contributed by atoms with Gasteiger partial charge < -0.3 is 10.1 Å². The largest absolute Gasteiger partial charge is 0.374 e. The zero-order chi connectivity index (χ0) is 11.5. The van der Waals surface area contributed by atoms with Crippen LogP contribution in [0.15, 0.2) is 0 Å². The summed E-state index contributed by atoms with van der Waals surface area (Å²) in [5.41, 5.74) is 3.64. The van der Waals surface area contributed by atoms with E-state index >= 15 is 0 Å². The summed E-state index contributed by atoms with van der Waals surface area (Å²) < 4.78 is 5.28. The molecule has 88 valence electrons. The fourth-order valence-corrected chi connectivity index (χ4v) is 1.99. The Kier molecular flexibility index (Phi) is 3.51. The Morgan fingerprint density at radius 2 is 2.19 bits per heavy atom. The van der Waals surface area contributed by atoms with Crippen LogP contribution >= 0.6 is 0 Å². The quantitative estimate of drug-likeness (QED) is 0.841. The summed E-state index contributed by atoms with van der Waals surface area (Å²) in [4.78, 5) is 9.20. The van der Waals surface area contributed by atoms with E-state index < -0.39 is 0 Å². The van der Waals surface area contributed by atoms with Gasteiger partial charge in [0.25, 0.3) is 0 Å². The molecule has 1 unspecified atom stereocenters. The third-order valence-corrected chi connectivity index (χ3v) is 2.99. The van der Waals surface area contributed by atoms with Crippen LogP contribution in [0.5, 0.6) is 0 Å². The van der Waals surface area contributed by atoms with Crippen molar-refractivity contribution in [1.29, 1.82) is 0 Å². The minimum atomic E-state index is -0.0264. The lowest BCUT2D eigenvalue weighted by Crippen LogP contribution is -2.09. The molecule has 1 aliphatic rings. The summed E-state index contributed by atoms with van der Waals surface area (Å²) in [5.74, 6) is 0.813. The average Bonchev–Trinajstić information content (AvgIpc) is 2.76. The van der Waals surface area contributed by atoms with Crippen LogP contribution in [-0.4, -0.2) is 17.1 Å². The first-order chi connectivity index (χ1) is 7.76. The van der Waals surface area contributed by atoms with Crippen LogP contribution in [0.3, 0.4) is 0 Å². The van der Waals surface area contributed by atoms with E-state index in [0.29, 0.717) is 0 Å². The molecular weight excluding hydrogens is 202 g/mol. The summed E-state index contributed by atoms with van der Waals surface area (Å²) in [6.45, 7) is 5.93. The van der Waals surface area contributed by atoms with E-state index in [-0.39, 0.29) is 6.10 Å². The number of nitrogens with one attached hydrogen (secondary N) is 1. The van der Waals surface area contributed by atoms with Crippen LogP contribution in [0.1, 0.15) is 49.1 Å². The molecule has 1 aromatic heterocycles. The van der Waals surface area contributed by atoms with Gasteiger partial charge in [-0.25, -0.2) is 9.97 Å². The van der Waals surface area contributed by atoms with Crippen LogP contribution < -0.4 is 5.32 Å². The number of methoxy groups -OCH3 is 1. The number of aromatic nitrogens is 2. The van der Waals surface area contributed by atoms with Crippen molar-refractivity contribution >= 4 is 0 Å². The second kappa shape index (κ2) is 4.89. The predicted molar refractivity (Wildman–Crippen MR) is 62.0 cm³/mol. The SMILES string of the molecule is CCCc1nc(C(C)OC)nc2c1CNC2. The molecule has 1 atom stereocenters. The van der Waals surface area contributed by atoms with E-state index in [2.05, 4.69) is 22.2 Å². The minimum Gasteiger partial charge on any atom is -0.374 e. The molecule has 0 aromatic carbocycles. The third kappa shape index (κ3) is 2.08. The normalized spacial score (nSPS) is 16.2. The molecule has 0 fully saturated rings. The molecule has 1 aliphatic heterocycles. The Balaban J connectivity index is 2.39. The Hall–Kier alpha value is -1.00. The molecule has 0 aliphatic carbocycles. The molecule has 0 radical (unpaired) electrons. The number of rotatable bonds is 4. The molecular formula is C12H19N3O. The Morgan fingerprint density at radius 1 is 1.38 bits per heavy atom. The molecule has 0 saturated carbocycles. The molecule has 1 aromatic rings. The van der Waals surface area contributed by atoms with E-state index in [9.17, 15) is 0 Å². The first-order valence-corrected chi connectivity index (χ1v) is 5.88. The summed E-state index contributed by atoms with van der Waals surface area (Å²) in [6.07, 6.45) is 2.11. The van der Waals surface area contributed by atoms with Gasteiger partial charge >= 0.3 is 0 Å². The monoisotopic (exact) mass is 221 g/mol. The second-order valence-electron chi connectivity index (χ2n) is 4.19. The highest BCUT2D eigenvalue weighted by Crippen LogP contribution is 2.21. The van der Waals surface area contributed by atoms with Crippen molar-refractivity contribution in [1.82, 2.24) is 15.3 Å². The van der Waals surface area contributed by atoms with Crippen LogP contribution in [0, 0.1) is 0 Å². The van der Waals surface area contributed by atoms with E-state index in [4.69, 9.17) is 4.74 Å². The van der Waals surface area contributed by atoms with Crippen molar-refractivity contribution in [3.63, 3.8) is 0 Å². The highest BCUT2D eigenvalue weighted by atomic mass is 16.5. The number of aryl methyl sites for hydroxylation is 1. The van der Waals surface area contributed by atoms with Crippen molar-refractivity contribution in [2.45, 2.75) is 45.9 Å². The molecule has 0 bridgehead atoms. The second-order valence-corrected chi connectivity index (χ2v) is 4.19. The van der Waals surface area contributed by atoms with Crippen LogP contribution in [0.4, 0.5) is 0 Å². The summed E-state index contributed by atoms with van der Waals surface area (Å²) >= 11 is 0. The Bertz CT molecular complexity index is 379. The topological polar surface area (TPSA) is 47.0 Å². The standard InChI is InChI=1S/C12H19N3O/c1-4-5-10-9-6-13-7-11(9)15-12(14-10)8(2)16-3/h8,13H,4-7H2,1-3H3. The first kappa shape index (κ1) is 11.5. The van der Waals surface area contributed by atoms with Gasteiger partial charge in [0, 0.05) is 31.5 Å². The lowest BCUT2D eigenvalue weighted by molar-refractivity contribution is 0.111. The van der Waals surface area contributed by atoms with Gasteiger partial charge in [-0.2, -0.15) is 0 Å². The molecule has 0 spiro atoms. The highest BCUT2D eigenvalue weighted by molar-refractivity contribution is 5.29. The average molecular weight is 221 g/mol. The smallest absolute Gasteiger partial charge is 0.157 e. The van der Waals surface area contributed by atoms with Gasteiger partial charge in [0.2, 0.25) is 0 Å². The zero-order valence-corrected chi connectivity index (χ0v) is 10.2. The van der Waals surface area contributed by atoms with Crippen molar-refractivity contribution in [3.05, 3.63) is 22.8 Å². The molecule has 2 rings (SSSR count). The molecule has 16 heavy (non-hydrogen) atoms. The number of nitrogens with zero attached hydrogens (tertiary/aromatic N) is 2. The number of fused-ring (bicyclic) bond motifs is 1. The fourth-order valence-electron chi connectivity index (χ4n) is 1.99. The molecule has 0 amide bonds. The van der Waals surface area contributed by atoms with E-state index in [0.717, 1.165) is 37.4 Å². The van der Waals surface area contributed by atoms with Gasteiger partial charge in [0.05, 0.1) is 5.69 Å². The maximum absolute atomic E-state index is 5.28. The van der Waals surface area contributed by atoms with E-state index in [1.165, 1.54) is 11.3 Å². The maximum Gasteiger partial charge on any atom is 0.157 e. The van der Waals surface area contributed by atoms with Crippen molar-refractivity contribution in [3.8, 4) is 0 Å². The zero-order valence-electron chi connectivity index (χ0n) is 10.2. The number of ether oxygens (including phenoxy) is 1. The van der Waals surface area contributed by atoms with Gasteiger partial charge in [-0.05, 0) is 13.3 Å². The van der Waals surface area contributed by atoms with Crippen LogP contribution in [0.25, 0.3) is 0 Å². The van der Waals surface area contributed by atoms with Gasteiger partial charge in [-0.1, -0.05) is 13.3 Å². The van der Waals surface area contributed by atoms with E-state index in [1.807, 2.05) is 6.92 Å². The molecule has 0 saturated heterocycles. The summed E-state index contributed by atoms with van der Waals surface area (Å²) in [5, 5.41) is 3.33. The number of hydrogen-bond acceptors (Lipinski definition) is 4. The Morgan fingerprint density at radius 3 is 2.88 bits per heavy atom. The molecule has 4 heteroatoms. The fraction of sp³-hybridized carbons (Fsp3) is 0.667. The van der Waals surface area contributed by atoms with Crippen molar-refractivity contribution in [2.75, 3.05) is 7.11 Å². The highest BCUT2D eigenvalue weighted by Gasteiger charge is 2.20. The predicted octanol–water partition coefficient (Wildman–Crippen LogP) is 1.74. The van der Waals surface area contributed by atoms with E-state index in [1.54, 1.807) is 7.11 Å². The van der Waals surface area contributed by atoms with Gasteiger partial charge in [0.1, 0.15) is 6.10 Å². The van der Waals surface area contributed by atoms with Crippen molar-refractivity contribution in [2.24, 2.45) is 0 Å². The number of hydrogen-bond donors (Lipinski definition) is 1. The molecule has 4 nitrogen and oxygen atoms in total. The lowest BCUT2D eigenvalue weighted by Gasteiger charge is -2.12. The minimum absolute atomic E-state index is 0.0264. The van der Waals surface area contributed by atoms with Gasteiger partial charge in [0.15, 0.2) is 5.82 Å². The lowest BCUT2D eigenvalue weighted by atomic mass is 10.1.